The van der Waals surface area contributed by atoms with Gasteiger partial charge in [-0.1, -0.05) is 71.1 Å². The first-order valence-electron chi connectivity index (χ1n) is 20.1. The largest absolute Gasteiger partial charge is 0.456 e. The third-order valence-corrected chi connectivity index (χ3v) is 20.9. The summed E-state index contributed by atoms with van der Waals surface area (Å²) in [7, 11) is -2.99. The first kappa shape index (κ1) is 45.3. The van der Waals surface area contributed by atoms with Gasteiger partial charge in [0, 0.05) is 39.0 Å². The third-order valence-electron chi connectivity index (χ3n) is 9.62. The molecule has 0 aliphatic carbocycles. The summed E-state index contributed by atoms with van der Waals surface area (Å²) in [6.45, 7) is 13.8. The van der Waals surface area contributed by atoms with Gasteiger partial charge in [-0.3, -0.25) is 0 Å². The number of hydrogen-bond donors (Lipinski definition) is 0. The molecule has 56 heavy (non-hydrogen) atoms. The molecule has 11 heteroatoms. The van der Waals surface area contributed by atoms with E-state index in [1.807, 2.05) is 0 Å². The molecule has 0 fully saturated rings. The first-order valence-corrected chi connectivity index (χ1v) is 29.9. The number of unbranched alkanes of at least 4 members (excludes halogenated alkanes) is 10. The molecule has 0 aromatic carbocycles. The average molecular weight is 853 g/mol. The second-order valence-electron chi connectivity index (χ2n) is 15.9. The Morgan fingerprint density at radius 1 is 0.482 bits per heavy atom. The standard InChI is InChI=1S/C45H56N4OS4Si2/c1-7-8-9-16-19-36(34(30-46)31-47)38-21-23-40(51-38)42-25-27-44(53-42)45-28-26-43(54-45)41-24-22-39(52-41)37(35(32-48)33-49)20-17-14-12-10-11-13-15-18-29-56(5,6)50-55(2,3)4/h21-28H,7-20,29H2,1-6H3. The van der Waals surface area contributed by atoms with Crippen molar-refractivity contribution in [3.8, 4) is 53.5 Å². The van der Waals surface area contributed by atoms with Crippen LogP contribution in [0.2, 0.25) is 38.8 Å². The van der Waals surface area contributed by atoms with Crippen molar-refractivity contribution in [3.05, 3.63) is 69.4 Å². The van der Waals surface area contributed by atoms with Crippen LogP contribution < -0.4 is 0 Å². The van der Waals surface area contributed by atoms with Gasteiger partial charge in [0.2, 0.25) is 0 Å². The van der Waals surface area contributed by atoms with Gasteiger partial charge in [-0.25, -0.2) is 0 Å². The maximum Gasteiger partial charge on any atom is 0.173 e. The van der Waals surface area contributed by atoms with Crippen molar-refractivity contribution in [2.75, 3.05) is 0 Å². The fourth-order valence-electron chi connectivity index (χ4n) is 7.05. The van der Waals surface area contributed by atoms with Crippen molar-refractivity contribution < 1.29 is 4.12 Å². The molecule has 0 amide bonds. The molecule has 4 rings (SSSR count). The number of nitriles is 4. The lowest BCUT2D eigenvalue weighted by molar-refractivity contribution is 0.533. The van der Waals surface area contributed by atoms with Crippen LogP contribution in [-0.4, -0.2) is 16.6 Å². The minimum absolute atomic E-state index is 0.223. The molecule has 5 nitrogen and oxygen atoms in total. The van der Waals surface area contributed by atoms with E-state index in [4.69, 9.17) is 4.12 Å². The fraction of sp³-hybridized carbons (Fsp3) is 0.467. The zero-order chi connectivity index (χ0) is 40.6. The van der Waals surface area contributed by atoms with Gasteiger partial charge in [0.25, 0.3) is 0 Å². The SMILES string of the molecule is CCCCCCC(=C(C#N)C#N)c1ccc(-c2ccc(-c3ccc(-c4ccc(C(CCCCCCCCCC[Si](C)(C)O[Si](C)(C)C)=C(C#N)C#N)s4)s3)s2)s1. The van der Waals surface area contributed by atoms with E-state index in [9.17, 15) is 21.0 Å². The van der Waals surface area contributed by atoms with Gasteiger partial charge in [-0.05, 0) is 124 Å². The Labute approximate surface area is 354 Å². The van der Waals surface area contributed by atoms with Crippen molar-refractivity contribution in [1.82, 2.24) is 0 Å². The number of nitrogens with zero attached hydrogens (tertiary/aromatic N) is 4. The number of allylic oxidation sites excluding steroid dienone is 4. The van der Waals surface area contributed by atoms with Crippen LogP contribution >= 0.6 is 45.3 Å². The summed E-state index contributed by atoms with van der Waals surface area (Å²) in [4.78, 5) is 9.04. The van der Waals surface area contributed by atoms with Gasteiger partial charge in [0.1, 0.15) is 35.4 Å². The molecule has 0 saturated carbocycles. The van der Waals surface area contributed by atoms with Crippen LogP contribution in [0.25, 0.3) is 40.4 Å². The predicted molar refractivity (Wildman–Crippen MR) is 248 cm³/mol. The summed E-state index contributed by atoms with van der Waals surface area (Å²) in [6.07, 6.45) is 15.5. The smallest absolute Gasteiger partial charge is 0.173 e. The molecule has 0 N–H and O–H groups in total. The number of hydrogen-bond acceptors (Lipinski definition) is 9. The highest BCUT2D eigenvalue weighted by Gasteiger charge is 2.28. The molecule has 0 radical (unpaired) electrons. The van der Waals surface area contributed by atoms with E-state index in [1.54, 1.807) is 45.3 Å². The normalized spacial score (nSPS) is 11.4. The summed E-state index contributed by atoms with van der Waals surface area (Å²) in [5, 5.41) is 38.9. The van der Waals surface area contributed by atoms with E-state index >= 15 is 0 Å². The summed E-state index contributed by atoms with van der Waals surface area (Å²) in [5.74, 6) is 0. The topological polar surface area (TPSA) is 104 Å². The summed E-state index contributed by atoms with van der Waals surface area (Å²) in [5.41, 5.74) is 2.20. The van der Waals surface area contributed by atoms with E-state index < -0.39 is 16.6 Å². The monoisotopic (exact) mass is 852 g/mol. The lowest BCUT2D eigenvalue weighted by Crippen LogP contribution is -2.42. The molecular weight excluding hydrogens is 797 g/mol. The zero-order valence-corrected chi connectivity index (χ0v) is 39.3. The van der Waals surface area contributed by atoms with Crippen molar-refractivity contribution in [3.63, 3.8) is 0 Å². The van der Waals surface area contributed by atoms with Gasteiger partial charge in [0.05, 0.1) is 0 Å². The first-order chi connectivity index (χ1) is 26.9. The lowest BCUT2D eigenvalue weighted by atomic mass is 10.00. The molecule has 4 heterocycles. The van der Waals surface area contributed by atoms with Crippen LogP contribution in [0, 0.1) is 45.3 Å². The molecule has 0 aliphatic heterocycles. The van der Waals surface area contributed by atoms with Gasteiger partial charge in [0.15, 0.2) is 16.6 Å². The predicted octanol–water partition coefficient (Wildman–Crippen LogP) is 16.1. The summed E-state index contributed by atoms with van der Waals surface area (Å²) in [6, 6.07) is 26.9. The molecule has 0 aliphatic rings. The zero-order valence-electron chi connectivity index (χ0n) is 34.1. The van der Waals surface area contributed by atoms with Crippen LogP contribution in [0.4, 0.5) is 0 Å². The Kier molecular flexibility index (Phi) is 18.2. The number of rotatable bonds is 23. The van der Waals surface area contributed by atoms with Crippen molar-refractivity contribution >= 4 is 73.1 Å². The van der Waals surface area contributed by atoms with E-state index in [1.165, 1.54) is 64.1 Å². The molecular formula is C45H56N4OS4Si2. The van der Waals surface area contributed by atoms with E-state index in [2.05, 4.69) is 112 Å². The van der Waals surface area contributed by atoms with Crippen molar-refractivity contribution in [2.24, 2.45) is 0 Å². The molecule has 0 atom stereocenters. The molecule has 0 unspecified atom stereocenters. The quantitative estimate of drug-likeness (QED) is 0.0420. The van der Waals surface area contributed by atoms with Gasteiger partial charge >= 0.3 is 0 Å². The van der Waals surface area contributed by atoms with Gasteiger partial charge in [-0.2, -0.15) is 21.0 Å². The minimum atomic E-state index is -1.53. The maximum atomic E-state index is 9.82. The fourth-order valence-corrected chi connectivity index (χ4v) is 19.6. The Hall–Kier alpha value is -3.37. The second-order valence-corrected chi connectivity index (χ2v) is 29.3. The summed E-state index contributed by atoms with van der Waals surface area (Å²) >= 11 is 6.84. The third kappa shape index (κ3) is 13.9. The minimum Gasteiger partial charge on any atom is -0.456 e. The Balaban J connectivity index is 1.32. The maximum absolute atomic E-state index is 9.82. The molecule has 4 aromatic heterocycles. The van der Waals surface area contributed by atoms with E-state index in [0.717, 1.165) is 82.0 Å². The highest BCUT2D eigenvalue weighted by molar-refractivity contribution is 7.28. The molecule has 294 valence electrons. The Morgan fingerprint density at radius 3 is 1.20 bits per heavy atom. The highest BCUT2D eigenvalue weighted by atomic mass is 32.1. The van der Waals surface area contributed by atoms with E-state index in [-0.39, 0.29) is 11.1 Å². The molecule has 0 spiro atoms. The van der Waals surface area contributed by atoms with Gasteiger partial charge in [-0.15, -0.1) is 45.3 Å². The van der Waals surface area contributed by atoms with Crippen molar-refractivity contribution in [1.29, 1.82) is 21.0 Å². The van der Waals surface area contributed by atoms with Gasteiger partial charge < -0.3 is 4.12 Å². The van der Waals surface area contributed by atoms with Crippen LogP contribution in [0.3, 0.4) is 0 Å². The molecule has 0 saturated heterocycles. The Bertz CT molecular complexity index is 2080. The highest BCUT2D eigenvalue weighted by Crippen LogP contribution is 2.45. The van der Waals surface area contributed by atoms with Crippen molar-refractivity contribution in [2.45, 2.75) is 136 Å². The Morgan fingerprint density at radius 2 is 0.821 bits per heavy atom. The van der Waals surface area contributed by atoms with Crippen LogP contribution in [0.5, 0.6) is 0 Å². The molecule has 4 aromatic rings. The van der Waals surface area contributed by atoms with E-state index in [0.29, 0.717) is 0 Å². The van der Waals surface area contributed by atoms with Crippen LogP contribution in [0.1, 0.15) is 107 Å². The summed E-state index contributed by atoms with van der Waals surface area (Å²) < 4.78 is 6.49. The second kappa shape index (κ2) is 22.5. The lowest BCUT2D eigenvalue weighted by Gasteiger charge is -2.31. The average Bonchev–Trinajstić information content (AvgIpc) is 3.99. The molecule has 0 bridgehead atoms. The number of thiophene rings is 4. The van der Waals surface area contributed by atoms with Crippen LogP contribution in [-0.2, 0) is 4.12 Å². The van der Waals surface area contributed by atoms with Crippen LogP contribution in [0.15, 0.2) is 59.7 Å².